The minimum absolute atomic E-state index is 0.0798. The number of halogens is 2. The minimum atomic E-state index is -0.477. The van der Waals surface area contributed by atoms with E-state index in [1.54, 1.807) is 24.3 Å². The van der Waals surface area contributed by atoms with Crippen LogP contribution in [-0.2, 0) is 6.61 Å². The van der Waals surface area contributed by atoms with Gasteiger partial charge in [0, 0.05) is 9.13 Å². The van der Waals surface area contributed by atoms with Crippen molar-refractivity contribution >= 4 is 22.6 Å². The van der Waals surface area contributed by atoms with Crippen LogP contribution in [0.4, 0.5) is 4.39 Å². The molecule has 0 fully saturated rings. The molecule has 0 radical (unpaired) electrons. The third kappa shape index (κ3) is 2.95. The van der Waals surface area contributed by atoms with Crippen LogP contribution in [-0.4, -0.2) is 5.11 Å². The number of hydrogen-bond acceptors (Lipinski definition) is 2. The highest BCUT2D eigenvalue weighted by atomic mass is 127. The summed E-state index contributed by atoms with van der Waals surface area (Å²) >= 11 is 2.18. The smallest absolute Gasteiger partial charge is 0.168 e. The van der Waals surface area contributed by atoms with Crippen LogP contribution in [0.25, 0.3) is 0 Å². The normalized spacial score (nSPS) is 10.3. The molecular formula is C13H10FIO2. The molecule has 0 aliphatic rings. The van der Waals surface area contributed by atoms with Crippen LogP contribution in [0.1, 0.15) is 5.56 Å². The van der Waals surface area contributed by atoms with Gasteiger partial charge in [0.1, 0.15) is 5.75 Å². The fraction of sp³-hybridized carbons (Fsp3) is 0.0769. The second-order valence-corrected chi connectivity index (χ2v) is 4.69. The van der Waals surface area contributed by atoms with Crippen molar-refractivity contribution in [2.45, 2.75) is 6.61 Å². The van der Waals surface area contributed by atoms with Gasteiger partial charge in [0.25, 0.3) is 0 Å². The van der Waals surface area contributed by atoms with Crippen molar-refractivity contribution in [1.82, 2.24) is 0 Å². The van der Waals surface area contributed by atoms with Crippen molar-refractivity contribution in [3.8, 4) is 11.5 Å². The third-order valence-electron chi connectivity index (χ3n) is 2.25. The summed E-state index contributed by atoms with van der Waals surface area (Å²) < 4.78 is 20.1. The number of aliphatic hydroxyl groups is 1. The Hall–Kier alpha value is -1.14. The van der Waals surface area contributed by atoms with Crippen LogP contribution in [0, 0.1) is 9.39 Å². The highest BCUT2D eigenvalue weighted by Crippen LogP contribution is 2.28. The second kappa shape index (κ2) is 5.46. The zero-order chi connectivity index (χ0) is 12.3. The van der Waals surface area contributed by atoms with Crippen molar-refractivity contribution < 1.29 is 14.2 Å². The van der Waals surface area contributed by atoms with Crippen molar-refractivity contribution in [2.24, 2.45) is 0 Å². The first-order valence-corrected chi connectivity index (χ1v) is 6.10. The average Bonchev–Trinajstić information content (AvgIpc) is 2.34. The molecule has 0 unspecified atom stereocenters. The zero-order valence-electron chi connectivity index (χ0n) is 8.86. The molecule has 0 saturated carbocycles. The first-order chi connectivity index (χ1) is 8.20. The van der Waals surface area contributed by atoms with Crippen LogP contribution >= 0.6 is 22.6 Å². The molecule has 0 spiro atoms. The van der Waals surface area contributed by atoms with E-state index >= 15 is 0 Å². The lowest BCUT2D eigenvalue weighted by molar-refractivity contribution is 0.274. The Kier molecular flexibility index (Phi) is 3.96. The van der Waals surface area contributed by atoms with E-state index in [2.05, 4.69) is 22.6 Å². The molecule has 0 saturated heterocycles. The van der Waals surface area contributed by atoms with Crippen LogP contribution in [0.5, 0.6) is 11.5 Å². The molecule has 0 aromatic heterocycles. The molecule has 0 bridgehead atoms. The Labute approximate surface area is 112 Å². The Morgan fingerprint density at radius 3 is 2.47 bits per heavy atom. The Morgan fingerprint density at radius 2 is 1.82 bits per heavy atom. The fourth-order valence-electron chi connectivity index (χ4n) is 1.41. The van der Waals surface area contributed by atoms with Gasteiger partial charge in [-0.05, 0) is 52.9 Å². The van der Waals surface area contributed by atoms with Crippen molar-refractivity contribution in [3.63, 3.8) is 0 Å². The summed E-state index contributed by atoms with van der Waals surface area (Å²) in [6.07, 6.45) is 0. The van der Waals surface area contributed by atoms with Crippen molar-refractivity contribution in [1.29, 1.82) is 0 Å². The summed E-state index contributed by atoms with van der Waals surface area (Å²) in [5.41, 5.74) is 0.434. The predicted octanol–water partition coefficient (Wildman–Crippen LogP) is 3.71. The SMILES string of the molecule is OCc1cccc(F)c1Oc1ccc(I)cc1. The standard InChI is InChI=1S/C13H10FIO2/c14-12-3-1-2-9(8-16)13(12)17-11-6-4-10(15)5-7-11/h1-7,16H,8H2. The summed E-state index contributed by atoms with van der Waals surface area (Å²) in [6, 6.07) is 11.7. The zero-order valence-corrected chi connectivity index (χ0v) is 11.0. The van der Waals surface area contributed by atoms with E-state index in [0.29, 0.717) is 11.3 Å². The third-order valence-corrected chi connectivity index (χ3v) is 2.97. The number of rotatable bonds is 3. The molecule has 1 N–H and O–H groups in total. The molecule has 2 nitrogen and oxygen atoms in total. The van der Waals surface area contributed by atoms with E-state index < -0.39 is 5.82 Å². The topological polar surface area (TPSA) is 29.5 Å². The first kappa shape index (κ1) is 12.3. The van der Waals surface area contributed by atoms with Gasteiger partial charge in [0.05, 0.1) is 6.61 Å². The maximum atomic E-state index is 13.6. The predicted molar refractivity (Wildman–Crippen MR) is 71.6 cm³/mol. The molecule has 0 aliphatic heterocycles. The lowest BCUT2D eigenvalue weighted by Crippen LogP contribution is -1.94. The van der Waals surface area contributed by atoms with Gasteiger partial charge in [0.2, 0.25) is 0 Å². The van der Waals surface area contributed by atoms with Crippen LogP contribution in [0.3, 0.4) is 0 Å². The first-order valence-electron chi connectivity index (χ1n) is 5.02. The summed E-state index contributed by atoms with van der Waals surface area (Å²) in [4.78, 5) is 0. The van der Waals surface area contributed by atoms with Crippen molar-refractivity contribution in [3.05, 3.63) is 57.4 Å². The summed E-state index contributed by atoms with van der Waals surface area (Å²) in [5.74, 6) is 0.150. The van der Waals surface area contributed by atoms with Gasteiger partial charge in [-0.25, -0.2) is 4.39 Å². The molecule has 0 atom stereocenters. The van der Waals surface area contributed by atoms with E-state index in [1.807, 2.05) is 12.1 Å². The van der Waals surface area contributed by atoms with Crippen LogP contribution in [0.15, 0.2) is 42.5 Å². The second-order valence-electron chi connectivity index (χ2n) is 3.44. The summed E-state index contributed by atoms with van der Waals surface area (Å²) in [7, 11) is 0. The fourth-order valence-corrected chi connectivity index (χ4v) is 1.77. The number of benzene rings is 2. The van der Waals surface area contributed by atoms with E-state index in [0.717, 1.165) is 3.57 Å². The number of ether oxygens (including phenoxy) is 1. The molecule has 17 heavy (non-hydrogen) atoms. The molecular weight excluding hydrogens is 334 g/mol. The monoisotopic (exact) mass is 344 g/mol. The van der Waals surface area contributed by atoms with E-state index in [1.165, 1.54) is 6.07 Å². The Balaban J connectivity index is 2.32. The molecule has 2 rings (SSSR count). The number of hydrogen-bond donors (Lipinski definition) is 1. The van der Waals surface area contributed by atoms with Crippen LogP contribution < -0.4 is 4.74 Å². The Morgan fingerprint density at radius 1 is 1.12 bits per heavy atom. The van der Waals surface area contributed by atoms with Gasteiger partial charge in [0.15, 0.2) is 11.6 Å². The quantitative estimate of drug-likeness (QED) is 0.861. The van der Waals surface area contributed by atoms with E-state index in [-0.39, 0.29) is 12.4 Å². The summed E-state index contributed by atoms with van der Waals surface area (Å²) in [6.45, 7) is -0.253. The molecule has 0 heterocycles. The lowest BCUT2D eigenvalue weighted by Gasteiger charge is -2.10. The minimum Gasteiger partial charge on any atom is -0.454 e. The van der Waals surface area contributed by atoms with Gasteiger partial charge in [-0.3, -0.25) is 0 Å². The van der Waals surface area contributed by atoms with Gasteiger partial charge in [-0.2, -0.15) is 0 Å². The average molecular weight is 344 g/mol. The lowest BCUT2D eigenvalue weighted by atomic mass is 10.2. The largest absolute Gasteiger partial charge is 0.454 e. The maximum Gasteiger partial charge on any atom is 0.168 e. The maximum absolute atomic E-state index is 13.6. The van der Waals surface area contributed by atoms with Gasteiger partial charge < -0.3 is 9.84 Å². The van der Waals surface area contributed by atoms with Gasteiger partial charge in [-0.1, -0.05) is 12.1 Å². The highest BCUT2D eigenvalue weighted by molar-refractivity contribution is 14.1. The molecule has 2 aromatic rings. The Bertz CT molecular complexity index is 511. The van der Waals surface area contributed by atoms with Gasteiger partial charge in [-0.15, -0.1) is 0 Å². The highest BCUT2D eigenvalue weighted by Gasteiger charge is 2.09. The van der Waals surface area contributed by atoms with E-state index in [4.69, 9.17) is 9.84 Å². The van der Waals surface area contributed by atoms with Gasteiger partial charge >= 0.3 is 0 Å². The van der Waals surface area contributed by atoms with Crippen molar-refractivity contribution in [2.75, 3.05) is 0 Å². The molecule has 88 valence electrons. The molecule has 0 amide bonds. The molecule has 0 aliphatic carbocycles. The molecule has 4 heteroatoms. The number of aliphatic hydroxyl groups excluding tert-OH is 1. The number of para-hydroxylation sites is 1. The molecule has 2 aromatic carbocycles. The van der Waals surface area contributed by atoms with Crippen LogP contribution in [0.2, 0.25) is 0 Å². The summed E-state index contributed by atoms with van der Waals surface area (Å²) in [5, 5.41) is 9.12. The van der Waals surface area contributed by atoms with E-state index in [9.17, 15) is 4.39 Å².